The fourth-order valence-corrected chi connectivity index (χ4v) is 1.64. The molecule has 0 aliphatic rings. The van der Waals surface area contributed by atoms with Crippen molar-refractivity contribution in [2.45, 2.75) is 46.1 Å². The zero-order valence-corrected chi connectivity index (χ0v) is 9.18. The van der Waals surface area contributed by atoms with Crippen LogP contribution in [0.5, 0.6) is 0 Å². The van der Waals surface area contributed by atoms with Crippen LogP contribution in [-0.2, 0) is 4.79 Å². The first-order chi connectivity index (χ1) is 5.87. The molecule has 0 aromatic heterocycles. The number of nitrogens with one attached hydrogen (secondary N) is 1. The van der Waals surface area contributed by atoms with Crippen molar-refractivity contribution in [1.82, 2.24) is 5.32 Å². The molecule has 13 heavy (non-hydrogen) atoms. The standard InChI is InChI=1S/C10H22N2O/c1-8(2)7-10(3,4)12-9(13)5-6-11/h8H,5-7,11H2,1-4H3,(H,12,13). The molecule has 0 spiro atoms. The molecule has 0 aromatic carbocycles. The number of rotatable bonds is 5. The van der Waals surface area contributed by atoms with Gasteiger partial charge in [-0.2, -0.15) is 0 Å². The van der Waals surface area contributed by atoms with Crippen molar-refractivity contribution in [2.75, 3.05) is 6.54 Å². The van der Waals surface area contributed by atoms with Gasteiger partial charge in [0.25, 0.3) is 0 Å². The first kappa shape index (κ1) is 12.4. The lowest BCUT2D eigenvalue weighted by Gasteiger charge is -2.28. The minimum atomic E-state index is -0.111. The van der Waals surface area contributed by atoms with Gasteiger partial charge in [-0.05, 0) is 26.2 Å². The van der Waals surface area contributed by atoms with Crippen LogP contribution in [0.4, 0.5) is 0 Å². The van der Waals surface area contributed by atoms with Crippen LogP contribution in [0.1, 0.15) is 40.5 Å². The fraction of sp³-hybridized carbons (Fsp3) is 0.900. The smallest absolute Gasteiger partial charge is 0.221 e. The molecule has 0 unspecified atom stereocenters. The van der Waals surface area contributed by atoms with E-state index >= 15 is 0 Å². The Labute approximate surface area is 81.1 Å². The van der Waals surface area contributed by atoms with Crippen LogP contribution in [0.2, 0.25) is 0 Å². The Bertz CT molecular complexity index is 164. The molecule has 0 rings (SSSR count). The van der Waals surface area contributed by atoms with E-state index in [1.165, 1.54) is 0 Å². The number of carbonyl (C=O) groups is 1. The van der Waals surface area contributed by atoms with Crippen molar-refractivity contribution in [2.24, 2.45) is 11.7 Å². The number of nitrogens with two attached hydrogens (primary N) is 1. The van der Waals surface area contributed by atoms with Crippen molar-refractivity contribution >= 4 is 5.91 Å². The third kappa shape index (κ3) is 6.58. The Morgan fingerprint density at radius 2 is 2.00 bits per heavy atom. The molecule has 0 heterocycles. The summed E-state index contributed by atoms with van der Waals surface area (Å²) < 4.78 is 0. The van der Waals surface area contributed by atoms with Gasteiger partial charge in [0.05, 0.1) is 0 Å². The van der Waals surface area contributed by atoms with Gasteiger partial charge in [-0.25, -0.2) is 0 Å². The van der Waals surface area contributed by atoms with E-state index in [9.17, 15) is 4.79 Å². The topological polar surface area (TPSA) is 55.1 Å². The molecule has 3 N–H and O–H groups in total. The highest BCUT2D eigenvalue weighted by Gasteiger charge is 2.20. The molecule has 1 amide bonds. The maximum Gasteiger partial charge on any atom is 0.221 e. The summed E-state index contributed by atoms with van der Waals surface area (Å²) in [7, 11) is 0. The van der Waals surface area contributed by atoms with Gasteiger partial charge in [0.15, 0.2) is 0 Å². The average Bonchev–Trinajstić information content (AvgIpc) is 1.81. The van der Waals surface area contributed by atoms with Crippen LogP contribution in [0.3, 0.4) is 0 Å². The lowest BCUT2D eigenvalue weighted by atomic mass is 9.92. The van der Waals surface area contributed by atoms with Crippen LogP contribution >= 0.6 is 0 Å². The Kier molecular flexibility index (Phi) is 4.99. The summed E-state index contributed by atoms with van der Waals surface area (Å²) in [6.07, 6.45) is 1.41. The minimum Gasteiger partial charge on any atom is -0.351 e. The Hall–Kier alpha value is -0.570. The SMILES string of the molecule is CC(C)CC(C)(C)NC(=O)CCN. The molecule has 0 atom stereocenters. The van der Waals surface area contributed by atoms with E-state index in [2.05, 4.69) is 19.2 Å². The van der Waals surface area contributed by atoms with Crippen LogP contribution in [0.25, 0.3) is 0 Å². The molecule has 0 aromatic rings. The molecule has 0 aliphatic carbocycles. The molecule has 0 saturated heterocycles. The molecular formula is C10H22N2O. The Morgan fingerprint density at radius 3 is 2.38 bits per heavy atom. The lowest BCUT2D eigenvalue weighted by molar-refractivity contribution is -0.122. The zero-order chi connectivity index (χ0) is 10.5. The summed E-state index contributed by atoms with van der Waals surface area (Å²) in [5, 5.41) is 2.97. The summed E-state index contributed by atoms with van der Waals surface area (Å²) >= 11 is 0. The number of amides is 1. The third-order valence-corrected chi connectivity index (χ3v) is 1.77. The molecule has 0 bridgehead atoms. The van der Waals surface area contributed by atoms with Gasteiger partial charge in [-0.3, -0.25) is 4.79 Å². The quantitative estimate of drug-likeness (QED) is 0.679. The summed E-state index contributed by atoms with van der Waals surface area (Å²) in [6, 6.07) is 0. The fourth-order valence-electron chi connectivity index (χ4n) is 1.64. The van der Waals surface area contributed by atoms with Gasteiger partial charge in [0.2, 0.25) is 5.91 Å². The largest absolute Gasteiger partial charge is 0.351 e. The highest BCUT2D eigenvalue weighted by molar-refractivity contribution is 5.76. The van der Waals surface area contributed by atoms with Gasteiger partial charge < -0.3 is 11.1 Å². The van der Waals surface area contributed by atoms with Crippen LogP contribution in [0.15, 0.2) is 0 Å². The van der Waals surface area contributed by atoms with Crippen LogP contribution in [0, 0.1) is 5.92 Å². The van der Waals surface area contributed by atoms with Crippen molar-refractivity contribution in [3.8, 4) is 0 Å². The summed E-state index contributed by atoms with van der Waals surface area (Å²) in [5.41, 5.74) is 5.18. The molecule has 0 saturated carbocycles. The van der Waals surface area contributed by atoms with Gasteiger partial charge in [0.1, 0.15) is 0 Å². The number of carbonyl (C=O) groups excluding carboxylic acids is 1. The second-order valence-electron chi connectivity index (χ2n) is 4.57. The van der Waals surface area contributed by atoms with Crippen molar-refractivity contribution in [3.63, 3.8) is 0 Å². The molecule has 3 nitrogen and oxygen atoms in total. The minimum absolute atomic E-state index is 0.0492. The molecule has 3 heteroatoms. The number of hydrogen-bond acceptors (Lipinski definition) is 2. The maximum atomic E-state index is 11.2. The van der Waals surface area contributed by atoms with Gasteiger partial charge in [0, 0.05) is 18.5 Å². The van der Waals surface area contributed by atoms with E-state index in [0.29, 0.717) is 18.9 Å². The Morgan fingerprint density at radius 1 is 1.46 bits per heavy atom. The average molecular weight is 186 g/mol. The number of hydrogen-bond donors (Lipinski definition) is 2. The van der Waals surface area contributed by atoms with Gasteiger partial charge in [-0.15, -0.1) is 0 Å². The van der Waals surface area contributed by atoms with Crippen molar-refractivity contribution in [3.05, 3.63) is 0 Å². The van der Waals surface area contributed by atoms with E-state index in [1.807, 2.05) is 13.8 Å². The van der Waals surface area contributed by atoms with Crippen LogP contribution < -0.4 is 11.1 Å². The first-order valence-corrected chi connectivity index (χ1v) is 4.88. The highest BCUT2D eigenvalue weighted by atomic mass is 16.1. The summed E-state index contributed by atoms with van der Waals surface area (Å²) in [6.45, 7) is 8.81. The molecular weight excluding hydrogens is 164 g/mol. The first-order valence-electron chi connectivity index (χ1n) is 4.88. The molecule has 78 valence electrons. The monoisotopic (exact) mass is 186 g/mol. The Balaban J connectivity index is 3.93. The highest BCUT2D eigenvalue weighted by Crippen LogP contribution is 2.15. The van der Waals surface area contributed by atoms with Gasteiger partial charge >= 0.3 is 0 Å². The van der Waals surface area contributed by atoms with Gasteiger partial charge in [-0.1, -0.05) is 13.8 Å². The lowest BCUT2D eigenvalue weighted by Crippen LogP contribution is -2.44. The molecule has 0 radical (unpaired) electrons. The van der Waals surface area contributed by atoms with Crippen molar-refractivity contribution in [1.29, 1.82) is 0 Å². The second kappa shape index (κ2) is 5.22. The molecule has 0 fully saturated rings. The normalized spacial score (nSPS) is 11.8. The molecule has 0 aliphatic heterocycles. The van der Waals surface area contributed by atoms with Crippen molar-refractivity contribution < 1.29 is 4.79 Å². The third-order valence-electron chi connectivity index (χ3n) is 1.77. The van der Waals surface area contributed by atoms with E-state index in [4.69, 9.17) is 5.73 Å². The van der Waals surface area contributed by atoms with E-state index < -0.39 is 0 Å². The summed E-state index contributed by atoms with van der Waals surface area (Å²) in [5.74, 6) is 0.640. The predicted molar refractivity (Wildman–Crippen MR) is 55.3 cm³/mol. The van der Waals surface area contributed by atoms with E-state index in [-0.39, 0.29) is 11.4 Å². The predicted octanol–water partition coefficient (Wildman–Crippen LogP) is 1.28. The van der Waals surface area contributed by atoms with E-state index in [0.717, 1.165) is 6.42 Å². The van der Waals surface area contributed by atoms with E-state index in [1.54, 1.807) is 0 Å². The van der Waals surface area contributed by atoms with Crippen LogP contribution in [-0.4, -0.2) is 18.0 Å². The second-order valence-corrected chi connectivity index (χ2v) is 4.57. The maximum absolute atomic E-state index is 11.2. The zero-order valence-electron chi connectivity index (χ0n) is 9.18. The summed E-state index contributed by atoms with van der Waals surface area (Å²) in [4.78, 5) is 11.2.